The van der Waals surface area contributed by atoms with E-state index in [1.807, 2.05) is 65.4 Å². The van der Waals surface area contributed by atoms with Crippen LogP contribution in [-0.2, 0) is 4.79 Å². The van der Waals surface area contributed by atoms with Crippen LogP contribution in [0.2, 0.25) is 0 Å². The van der Waals surface area contributed by atoms with E-state index in [0.717, 1.165) is 16.9 Å². The number of ketones is 1. The third-order valence-corrected chi connectivity index (χ3v) is 6.94. The Labute approximate surface area is 197 Å². The third kappa shape index (κ3) is 4.20. The summed E-state index contributed by atoms with van der Waals surface area (Å²) in [6, 6.07) is 17.4. The maximum absolute atomic E-state index is 12.8. The summed E-state index contributed by atoms with van der Waals surface area (Å²) in [5, 5.41) is 21.2. The Morgan fingerprint density at radius 3 is 2.79 bits per heavy atom. The summed E-state index contributed by atoms with van der Waals surface area (Å²) >= 11 is 2.57. The first-order valence-corrected chi connectivity index (χ1v) is 11.9. The van der Waals surface area contributed by atoms with Crippen molar-refractivity contribution in [2.75, 3.05) is 12.5 Å². The summed E-state index contributed by atoms with van der Waals surface area (Å²) in [7, 11) is 0. The minimum absolute atomic E-state index is 0.0724. The number of para-hydroxylation sites is 1. The van der Waals surface area contributed by atoms with Gasteiger partial charge in [0.1, 0.15) is 5.01 Å². The van der Waals surface area contributed by atoms with Crippen LogP contribution in [0, 0.1) is 18.3 Å². The van der Waals surface area contributed by atoms with Crippen LogP contribution in [0.4, 0.5) is 0 Å². The monoisotopic (exact) mass is 475 g/mol. The zero-order chi connectivity index (χ0) is 22.8. The SMILES string of the molecule is Cc1csc([C@H](C#N)C(=O)CSc2nnc(-c3ccc4c(c3)OCO4)n2-c2ccccc2)n1. The number of carbonyl (C=O) groups is 1. The van der Waals surface area contributed by atoms with E-state index < -0.39 is 5.92 Å². The Morgan fingerprint density at radius 2 is 2.03 bits per heavy atom. The molecule has 10 heteroatoms. The predicted molar refractivity (Wildman–Crippen MR) is 124 cm³/mol. The van der Waals surface area contributed by atoms with Crippen LogP contribution in [0.1, 0.15) is 16.6 Å². The van der Waals surface area contributed by atoms with Crippen molar-refractivity contribution in [3.8, 4) is 34.6 Å². The Balaban J connectivity index is 1.45. The fraction of sp³-hybridized carbons (Fsp3) is 0.174. The quantitative estimate of drug-likeness (QED) is 0.363. The maximum Gasteiger partial charge on any atom is 0.231 e. The molecule has 1 aliphatic heterocycles. The highest BCUT2D eigenvalue weighted by Crippen LogP contribution is 2.37. The first-order valence-electron chi connectivity index (χ1n) is 10.0. The van der Waals surface area contributed by atoms with Crippen molar-refractivity contribution in [3.63, 3.8) is 0 Å². The number of aromatic nitrogens is 4. The van der Waals surface area contributed by atoms with Crippen molar-refractivity contribution in [1.82, 2.24) is 19.7 Å². The van der Waals surface area contributed by atoms with Gasteiger partial charge in [0, 0.05) is 22.3 Å². The van der Waals surface area contributed by atoms with Gasteiger partial charge < -0.3 is 9.47 Å². The molecular weight excluding hydrogens is 458 g/mol. The molecule has 5 rings (SSSR count). The van der Waals surface area contributed by atoms with Crippen LogP contribution < -0.4 is 9.47 Å². The molecule has 0 radical (unpaired) electrons. The molecule has 2 aromatic heterocycles. The molecule has 3 heterocycles. The number of thioether (sulfide) groups is 1. The summed E-state index contributed by atoms with van der Waals surface area (Å²) < 4.78 is 12.8. The van der Waals surface area contributed by atoms with Crippen LogP contribution >= 0.6 is 23.1 Å². The van der Waals surface area contributed by atoms with Crippen LogP contribution in [0.25, 0.3) is 17.1 Å². The standard InChI is InChI=1S/C23H17N5O3S2/c1-14-11-32-22(25-14)17(10-24)18(29)12-33-23-27-26-21(28(23)16-5-3-2-4-6-16)15-7-8-19-20(9-15)31-13-30-19/h2-9,11,17H,12-13H2,1H3/t17-/m1/s1. The number of hydrogen-bond acceptors (Lipinski definition) is 9. The largest absolute Gasteiger partial charge is 0.454 e. The number of Topliss-reactive ketones (excluding diaryl/α,β-unsaturated/α-hetero) is 1. The highest BCUT2D eigenvalue weighted by molar-refractivity contribution is 7.99. The number of fused-ring (bicyclic) bond motifs is 1. The topological polar surface area (TPSA) is 103 Å². The first kappa shape index (κ1) is 21.2. The molecule has 8 nitrogen and oxygen atoms in total. The summed E-state index contributed by atoms with van der Waals surface area (Å²) in [5.41, 5.74) is 2.47. The first-order chi connectivity index (χ1) is 16.1. The lowest BCUT2D eigenvalue weighted by Gasteiger charge is -2.11. The van der Waals surface area contributed by atoms with Crippen molar-refractivity contribution in [3.05, 3.63) is 64.6 Å². The second-order valence-corrected chi connectivity index (χ2v) is 9.02. The van der Waals surface area contributed by atoms with Gasteiger partial charge in [0.2, 0.25) is 6.79 Å². The van der Waals surface area contributed by atoms with Gasteiger partial charge >= 0.3 is 0 Å². The predicted octanol–water partition coefficient (Wildman–Crippen LogP) is 4.40. The van der Waals surface area contributed by atoms with Gasteiger partial charge in [0.05, 0.1) is 11.8 Å². The van der Waals surface area contributed by atoms with E-state index in [2.05, 4.69) is 21.3 Å². The second-order valence-electron chi connectivity index (χ2n) is 7.19. The molecule has 0 bridgehead atoms. The number of carbonyl (C=O) groups excluding carboxylic acids is 1. The lowest BCUT2D eigenvalue weighted by atomic mass is 10.1. The minimum Gasteiger partial charge on any atom is -0.454 e. The third-order valence-electron chi connectivity index (χ3n) is 4.96. The summed E-state index contributed by atoms with van der Waals surface area (Å²) in [6.45, 7) is 2.03. The molecule has 1 atom stereocenters. The highest BCUT2D eigenvalue weighted by atomic mass is 32.2. The van der Waals surface area contributed by atoms with Crippen LogP contribution in [0.15, 0.2) is 59.1 Å². The van der Waals surface area contributed by atoms with Crippen LogP contribution in [0.5, 0.6) is 11.5 Å². The van der Waals surface area contributed by atoms with Gasteiger partial charge in [-0.1, -0.05) is 30.0 Å². The van der Waals surface area contributed by atoms with E-state index in [9.17, 15) is 10.1 Å². The number of nitrogens with zero attached hydrogens (tertiary/aromatic N) is 5. The zero-order valence-electron chi connectivity index (χ0n) is 17.5. The molecule has 2 aromatic carbocycles. The average Bonchev–Trinajstić information content (AvgIpc) is 3.58. The Bertz CT molecular complexity index is 1360. The van der Waals surface area contributed by atoms with Gasteiger partial charge in [-0.05, 0) is 37.3 Å². The van der Waals surface area contributed by atoms with Gasteiger partial charge in [0.25, 0.3) is 0 Å². The van der Waals surface area contributed by atoms with E-state index in [1.54, 1.807) is 0 Å². The fourth-order valence-electron chi connectivity index (χ4n) is 3.38. The zero-order valence-corrected chi connectivity index (χ0v) is 19.1. The lowest BCUT2D eigenvalue weighted by Crippen LogP contribution is -2.13. The number of thiazole rings is 1. The van der Waals surface area contributed by atoms with Crippen LogP contribution in [0.3, 0.4) is 0 Å². The van der Waals surface area contributed by atoms with E-state index in [1.165, 1.54) is 23.1 Å². The molecule has 164 valence electrons. The molecule has 0 spiro atoms. The van der Waals surface area contributed by atoms with E-state index in [4.69, 9.17) is 9.47 Å². The van der Waals surface area contributed by atoms with E-state index in [-0.39, 0.29) is 18.3 Å². The normalized spacial score (nSPS) is 13.0. The average molecular weight is 476 g/mol. The molecule has 0 saturated carbocycles. The van der Waals surface area contributed by atoms with Gasteiger partial charge in [-0.25, -0.2) is 4.98 Å². The number of aryl methyl sites for hydroxylation is 1. The molecule has 33 heavy (non-hydrogen) atoms. The molecule has 1 aliphatic rings. The van der Waals surface area contributed by atoms with Crippen molar-refractivity contribution in [1.29, 1.82) is 5.26 Å². The minimum atomic E-state index is -0.891. The molecule has 0 fully saturated rings. The fourth-order valence-corrected chi connectivity index (χ4v) is 5.10. The van der Waals surface area contributed by atoms with Crippen molar-refractivity contribution < 1.29 is 14.3 Å². The summed E-state index contributed by atoms with van der Waals surface area (Å²) in [5.74, 6) is 0.909. The number of nitriles is 1. The summed E-state index contributed by atoms with van der Waals surface area (Å²) in [4.78, 5) is 17.2. The molecule has 0 amide bonds. The van der Waals surface area contributed by atoms with E-state index in [0.29, 0.717) is 27.5 Å². The molecule has 0 aliphatic carbocycles. The lowest BCUT2D eigenvalue weighted by molar-refractivity contribution is -0.116. The molecule has 0 unspecified atom stereocenters. The second kappa shape index (κ2) is 9.05. The number of benzene rings is 2. The van der Waals surface area contributed by atoms with Crippen molar-refractivity contribution in [2.45, 2.75) is 18.0 Å². The maximum atomic E-state index is 12.8. The molecular formula is C23H17N5O3S2. The molecule has 0 N–H and O–H groups in total. The van der Waals surface area contributed by atoms with E-state index >= 15 is 0 Å². The highest BCUT2D eigenvalue weighted by Gasteiger charge is 2.25. The van der Waals surface area contributed by atoms with Crippen molar-refractivity contribution in [2.24, 2.45) is 0 Å². The summed E-state index contributed by atoms with van der Waals surface area (Å²) in [6.07, 6.45) is 0. The Morgan fingerprint density at radius 1 is 1.21 bits per heavy atom. The van der Waals surface area contributed by atoms with Gasteiger partial charge in [-0.15, -0.1) is 21.5 Å². The van der Waals surface area contributed by atoms with Crippen LogP contribution in [-0.4, -0.2) is 38.1 Å². The number of ether oxygens (including phenoxy) is 2. The number of hydrogen-bond donors (Lipinski definition) is 0. The van der Waals surface area contributed by atoms with Gasteiger partial charge in [0.15, 0.2) is 34.2 Å². The van der Waals surface area contributed by atoms with Gasteiger partial charge in [-0.3, -0.25) is 9.36 Å². The Hall–Kier alpha value is -3.68. The van der Waals surface area contributed by atoms with Gasteiger partial charge in [-0.2, -0.15) is 5.26 Å². The molecule has 4 aromatic rings. The van der Waals surface area contributed by atoms with Crippen molar-refractivity contribution >= 4 is 28.9 Å². The smallest absolute Gasteiger partial charge is 0.231 e. The Kier molecular flexibility index (Phi) is 5.81. The number of rotatable bonds is 7. The molecule has 0 saturated heterocycles.